The first kappa shape index (κ1) is 19.4. The molecule has 1 amide bonds. The zero-order valence-corrected chi connectivity index (χ0v) is 17.0. The van der Waals surface area contributed by atoms with Gasteiger partial charge >= 0.3 is 0 Å². The summed E-state index contributed by atoms with van der Waals surface area (Å²) in [7, 11) is -3.13. The van der Waals surface area contributed by atoms with Crippen LogP contribution in [0.5, 0.6) is 0 Å². The average Bonchev–Trinajstić information content (AvgIpc) is 3.09. The van der Waals surface area contributed by atoms with Gasteiger partial charge in [-0.05, 0) is 24.3 Å². The van der Waals surface area contributed by atoms with Crippen LogP contribution in [0.4, 0.5) is 10.1 Å². The summed E-state index contributed by atoms with van der Waals surface area (Å²) in [5.74, 6) is -1.01. The second kappa shape index (κ2) is 7.50. The number of hydrogen-bond donors (Lipinski definition) is 0. The molecule has 28 heavy (non-hydrogen) atoms. The Kier molecular flexibility index (Phi) is 5.20. The lowest BCUT2D eigenvalue weighted by Gasteiger charge is -2.24. The number of nitrogens with zero attached hydrogens (tertiary/aromatic N) is 2. The molecule has 0 saturated carbocycles. The molecule has 2 heterocycles. The van der Waals surface area contributed by atoms with Crippen molar-refractivity contribution in [3.8, 4) is 0 Å². The molecule has 0 aliphatic carbocycles. The largest absolute Gasteiger partial charge is 0.316 e. The highest BCUT2D eigenvalue weighted by Crippen LogP contribution is 2.40. The Labute approximate surface area is 171 Å². The van der Waals surface area contributed by atoms with Crippen LogP contribution in [0.25, 0.3) is 0 Å². The summed E-state index contributed by atoms with van der Waals surface area (Å²) in [6, 6.07) is 13.2. The van der Waals surface area contributed by atoms with Crippen LogP contribution in [0.15, 0.2) is 53.5 Å². The second-order valence-corrected chi connectivity index (χ2v) is 10.4. The Morgan fingerprint density at radius 3 is 2.64 bits per heavy atom. The van der Waals surface area contributed by atoms with Gasteiger partial charge in [-0.25, -0.2) is 12.8 Å². The van der Waals surface area contributed by atoms with Gasteiger partial charge in [-0.3, -0.25) is 4.79 Å². The van der Waals surface area contributed by atoms with E-state index in [4.69, 9.17) is 11.6 Å². The van der Waals surface area contributed by atoms with Gasteiger partial charge in [0, 0.05) is 21.5 Å². The van der Waals surface area contributed by atoms with Gasteiger partial charge in [0.15, 0.2) is 15.0 Å². The monoisotopic (exact) mass is 438 g/mol. The number of carbonyl (C=O) groups is 1. The number of anilines is 1. The van der Waals surface area contributed by atoms with Crippen molar-refractivity contribution in [2.24, 2.45) is 4.99 Å². The molecule has 0 bridgehead atoms. The van der Waals surface area contributed by atoms with Gasteiger partial charge in [0.05, 0.1) is 24.0 Å². The molecule has 0 unspecified atom stereocenters. The quantitative estimate of drug-likeness (QED) is 0.735. The highest BCUT2D eigenvalue weighted by atomic mass is 35.5. The first-order valence-corrected chi connectivity index (χ1v) is 11.7. The lowest BCUT2D eigenvalue weighted by atomic mass is 10.1. The van der Waals surface area contributed by atoms with Crippen molar-refractivity contribution in [3.63, 3.8) is 0 Å². The molecule has 4 rings (SSSR count). The standard InChI is InChI=1S/C19H16ClFN2O3S2/c20-14-7-4-8-15(21)13(14)9-18(24)22-19-23(12-5-2-1-3-6-12)16-10-28(25,26)11-17(16)27-19/h1-8,16-17H,9-11H2/t16-,17+/m0/s1. The molecule has 2 aromatic rings. The number of thioether (sulfide) groups is 1. The predicted molar refractivity (Wildman–Crippen MR) is 110 cm³/mol. The third kappa shape index (κ3) is 3.81. The maximum absolute atomic E-state index is 14.0. The topological polar surface area (TPSA) is 66.8 Å². The molecule has 0 radical (unpaired) electrons. The molecule has 2 fully saturated rings. The lowest BCUT2D eigenvalue weighted by Crippen LogP contribution is -2.37. The van der Waals surface area contributed by atoms with E-state index in [1.807, 2.05) is 30.3 Å². The number of carbonyl (C=O) groups excluding carboxylic acids is 1. The predicted octanol–water partition coefficient (Wildman–Crippen LogP) is 3.32. The molecule has 2 aromatic carbocycles. The fourth-order valence-electron chi connectivity index (χ4n) is 3.45. The van der Waals surface area contributed by atoms with E-state index < -0.39 is 21.6 Å². The summed E-state index contributed by atoms with van der Waals surface area (Å²) >= 11 is 7.28. The van der Waals surface area contributed by atoms with Crippen molar-refractivity contribution in [1.82, 2.24) is 0 Å². The number of para-hydroxylation sites is 1. The van der Waals surface area contributed by atoms with E-state index in [9.17, 15) is 17.6 Å². The van der Waals surface area contributed by atoms with E-state index in [1.54, 1.807) is 4.90 Å². The summed E-state index contributed by atoms with van der Waals surface area (Å²) in [6.07, 6.45) is -0.258. The molecule has 2 saturated heterocycles. The van der Waals surface area contributed by atoms with Gasteiger partial charge in [0.1, 0.15) is 5.82 Å². The Morgan fingerprint density at radius 2 is 1.93 bits per heavy atom. The van der Waals surface area contributed by atoms with Crippen molar-refractivity contribution in [2.45, 2.75) is 17.7 Å². The summed E-state index contributed by atoms with van der Waals surface area (Å²) in [6.45, 7) is 0. The van der Waals surface area contributed by atoms with Gasteiger partial charge in [-0.1, -0.05) is 47.6 Å². The van der Waals surface area contributed by atoms with Gasteiger partial charge in [0.25, 0.3) is 5.91 Å². The van der Waals surface area contributed by atoms with Crippen LogP contribution in [0, 0.1) is 5.82 Å². The average molecular weight is 439 g/mol. The molecular weight excluding hydrogens is 423 g/mol. The van der Waals surface area contributed by atoms with Gasteiger partial charge in [-0.15, -0.1) is 0 Å². The number of amides is 1. The van der Waals surface area contributed by atoms with Crippen molar-refractivity contribution >= 4 is 50.0 Å². The molecule has 0 N–H and O–H groups in total. The molecule has 0 spiro atoms. The highest BCUT2D eigenvalue weighted by molar-refractivity contribution is 8.16. The minimum Gasteiger partial charge on any atom is -0.316 e. The van der Waals surface area contributed by atoms with Crippen LogP contribution in [-0.4, -0.2) is 42.3 Å². The Bertz CT molecular complexity index is 1040. The lowest BCUT2D eigenvalue weighted by molar-refractivity contribution is -0.117. The first-order chi connectivity index (χ1) is 13.3. The summed E-state index contributed by atoms with van der Waals surface area (Å²) in [5, 5.41) is 0.429. The zero-order valence-electron chi connectivity index (χ0n) is 14.6. The van der Waals surface area contributed by atoms with Crippen molar-refractivity contribution in [2.75, 3.05) is 16.4 Å². The molecule has 0 aromatic heterocycles. The van der Waals surface area contributed by atoms with E-state index in [-0.39, 0.29) is 39.8 Å². The third-order valence-electron chi connectivity index (χ3n) is 4.71. The van der Waals surface area contributed by atoms with Crippen molar-refractivity contribution < 1.29 is 17.6 Å². The number of halogens is 2. The summed E-state index contributed by atoms with van der Waals surface area (Å²) in [5.41, 5.74) is 0.880. The van der Waals surface area contributed by atoms with Crippen molar-refractivity contribution in [1.29, 1.82) is 0 Å². The molecule has 146 valence electrons. The Morgan fingerprint density at radius 1 is 1.18 bits per heavy atom. The summed E-state index contributed by atoms with van der Waals surface area (Å²) < 4.78 is 38.1. The fraction of sp³-hybridized carbons (Fsp3) is 0.263. The number of benzene rings is 2. The van der Waals surface area contributed by atoms with Crippen molar-refractivity contribution in [3.05, 3.63) is 64.9 Å². The maximum Gasteiger partial charge on any atom is 0.252 e. The number of aliphatic imine (C=N–C) groups is 1. The second-order valence-electron chi connectivity index (χ2n) is 6.67. The van der Waals surface area contributed by atoms with Gasteiger partial charge in [-0.2, -0.15) is 4.99 Å². The Balaban J connectivity index is 1.65. The highest BCUT2D eigenvalue weighted by Gasteiger charge is 2.49. The minimum atomic E-state index is -3.13. The van der Waals surface area contributed by atoms with Crippen LogP contribution < -0.4 is 4.90 Å². The van der Waals surface area contributed by atoms with Crippen LogP contribution in [0.2, 0.25) is 5.02 Å². The van der Waals surface area contributed by atoms with E-state index in [1.165, 1.54) is 30.0 Å². The molecule has 2 aliphatic heterocycles. The number of sulfone groups is 1. The maximum atomic E-state index is 14.0. The van der Waals surface area contributed by atoms with E-state index in [0.29, 0.717) is 5.17 Å². The number of hydrogen-bond acceptors (Lipinski definition) is 4. The van der Waals surface area contributed by atoms with Crippen LogP contribution >= 0.6 is 23.4 Å². The summed E-state index contributed by atoms with van der Waals surface area (Å²) in [4.78, 5) is 18.5. The molecule has 2 atom stereocenters. The SMILES string of the molecule is O=C(Cc1c(F)cccc1Cl)N=C1S[C@@H]2CS(=O)(=O)C[C@@H]2N1c1ccccc1. The van der Waals surface area contributed by atoms with E-state index in [0.717, 1.165) is 5.69 Å². The smallest absolute Gasteiger partial charge is 0.252 e. The minimum absolute atomic E-state index is 0.0198. The number of amidine groups is 1. The normalized spacial score (nSPS) is 24.5. The van der Waals surface area contributed by atoms with Gasteiger partial charge < -0.3 is 4.90 Å². The molecule has 5 nitrogen and oxygen atoms in total. The number of fused-ring (bicyclic) bond motifs is 1. The van der Waals surface area contributed by atoms with Gasteiger partial charge in [0.2, 0.25) is 0 Å². The van der Waals surface area contributed by atoms with Crippen LogP contribution in [0.1, 0.15) is 5.56 Å². The number of rotatable bonds is 3. The fourth-order valence-corrected chi connectivity index (χ4v) is 7.61. The third-order valence-corrected chi connectivity index (χ3v) is 8.27. The van der Waals surface area contributed by atoms with E-state index in [2.05, 4.69) is 4.99 Å². The van der Waals surface area contributed by atoms with E-state index >= 15 is 0 Å². The van der Waals surface area contributed by atoms with Crippen LogP contribution in [0.3, 0.4) is 0 Å². The molecule has 2 aliphatic rings. The zero-order chi connectivity index (χ0) is 19.9. The van der Waals surface area contributed by atoms with Crippen LogP contribution in [-0.2, 0) is 21.1 Å². The first-order valence-electron chi connectivity index (χ1n) is 8.60. The Hall–Kier alpha value is -1.90. The molecular formula is C19H16ClFN2O3S2. The molecule has 9 heteroatoms.